The molecule has 1 aromatic heterocycles. The molecule has 1 aliphatic carbocycles. The second kappa shape index (κ2) is 3.21. The molecule has 1 fully saturated rings. The van der Waals surface area contributed by atoms with Crippen LogP contribution in [0.5, 0.6) is 0 Å². The Kier molecular flexibility index (Phi) is 2.22. The van der Waals surface area contributed by atoms with E-state index in [-0.39, 0.29) is 0 Å². The molecule has 3 heteroatoms. The van der Waals surface area contributed by atoms with Gasteiger partial charge in [-0.05, 0) is 19.8 Å². The smallest absolute Gasteiger partial charge is 0.264 e. The van der Waals surface area contributed by atoms with E-state index in [9.17, 15) is 0 Å². The van der Waals surface area contributed by atoms with E-state index in [0.717, 1.165) is 5.76 Å². The Labute approximate surface area is 80.5 Å². The zero-order valence-electron chi connectivity index (χ0n) is 7.14. The van der Waals surface area contributed by atoms with E-state index < -0.39 is 0 Å². The Bertz CT molecular complexity index is 276. The molecule has 1 heterocycles. The van der Waals surface area contributed by atoms with Crippen LogP contribution in [0.15, 0.2) is 9.22 Å². The summed E-state index contributed by atoms with van der Waals surface area (Å²) in [6.45, 7) is 1.99. The van der Waals surface area contributed by atoms with Crippen LogP contribution in [-0.2, 0) is 0 Å². The Hall–Kier alpha value is -0.310. The lowest BCUT2D eigenvalue weighted by atomic mass is 10.0. The molecule has 0 amide bonds. The van der Waals surface area contributed by atoms with Gasteiger partial charge in [-0.15, -0.1) is 0 Å². The lowest BCUT2D eigenvalue weighted by Gasteiger charge is -2.03. The maximum absolute atomic E-state index is 5.33. The van der Waals surface area contributed by atoms with Crippen molar-refractivity contribution in [2.75, 3.05) is 0 Å². The first-order valence-corrected chi connectivity index (χ1v) is 5.19. The highest BCUT2D eigenvalue weighted by molar-refractivity contribution is 9.10. The van der Waals surface area contributed by atoms with Crippen molar-refractivity contribution < 1.29 is 4.42 Å². The second-order valence-electron chi connectivity index (χ2n) is 3.39. The molecule has 0 atom stereocenters. The standard InChI is InChI=1S/C9H12BrNO/c1-6-8(11-9(10)12-6)7-4-2-3-5-7/h7H,2-5H2,1H3. The van der Waals surface area contributed by atoms with Gasteiger partial charge in [0.05, 0.1) is 5.69 Å². The summed E-state index contributed by atoms with van der Waals surface area (Å²) in [6, 6.07) is 0. The highest BCUT2D eigenvalue weighted by Gasteiger charge is 2.22. The SMILES string of the molecule is Cc1oc(Br)nc1C1CCCC1. The first-order valence-electron chi connectivity index (χ1n) is 4.40. The van der Waals surface area contributed by atoms with Gasteiger partial charge in [-0.2, -0.15) is 0 Å². The summed E-state index contributed by atoms with van der Waals surface area (Å²) < 4.78 is 5.33. The van der Waals surface area contributed by atoms with Gasteiger partial charge in [0.1, 0.15) is 5.76 Å². The van der Waals surface area contributed by atoms with Gasteiger partial charge in [-0.3, -0.25) is 0 Å². The third-order valence-corrected chi connectivity index (χ3v) is 2.89. The van der Waals surface area contributed by atoms with Crippen LogP contribution < -0.4 is 0 Å². The molecule has 0 aromatic carbocycles. The van der Waals surface area contributed by atoms with Crippen LogP contribution in [0.25, 0.3) is 0 Å². The molecule has 0 spiro atoms. The minimum Gasteiger partial charge on any atom is -0.436 e. The van der Waals surface area contributed by atoms with Crippen molar-refractivity contribution >= 4 is 15.9 Å². The predicted octanol–water partition coefficient (Wildman–Crippen LogP) is 3.40. The summed E-state index contributed by atoms with van der Waals surface area (Å²) in [5, 5.41) is 0. The molecular formula is C9H12BrNO. The molecule has 1 saturated carbocycles. The van der Waals surface area contributed by atoms with Crippen LogP contribution in [0.3, 0.4) is 0 Å². The van der Waals surface area contributed by atoms with Crippen molar-refractivity contribution in [1.82, 2.24) is 4.98 Å². The third-order valence-electron chi connectivity index (χ3n) is 2.55. The quantitative estimate of drug-likeness (QED) is 0.738. The van der Waals surface area contributed by atoms with Crippen molar-refractivity contribution in [1.29, 1.82) is 0 Å². The van der Waals surface area contributed by atoms with Crippen molar-refractivity contribution in [2.24, 2.45) is 0 Å². The normalized spacial score (nSPS) is 18.8. The fourth-order valence-electron chi connectivity index (χ4n) is 1.95. The number of halogens is 1. The zero-order chi connectivity index (χ0) is 8.55. The minimum absolute atomic E-state index is 0.627. The zero-order valence-corrected chi connectivity index (χ0v) is 8.73. The van der Waals surface area contributed by atoms with E-state index in [1.54, 1.807) is 0 Å². The monoisotopic (exact) mass is 229 g/mol. The van der Waals surface area contributed by atoms with Crippen LogP contribution in [0.2, 0.25) is 0 Å². The molecule has 0 N–H and O–H groups in total. The number of oxazole rings is 1. The van der Waals surface area contributed by atoms with Gasteiger partial charge in [-0.25, -0.2) is 4.98 Å². The van der Waals surface area contributed by atoms with Crippen molar-refractivity contribution in [3.8, 4) is 0 Å². The Morgan fingerprint density at radius 3 is 2.58 bits per heavy atom. The van der Waals surface area contributed by atoms with E-state index in [2.05, 4.69) is 20.9 Å². The lowest BCUT2D eigenvalue weighted by molar-refractivity contribution is 0.496. The second-order valence-corrected chi connectivity index (χ2v) is 4.07. The maximum atomic E-state index is 5.33. The van der Waals surface area contributed by atoms with Gasteiger partial charge in [0.25, 0.3) is 4.80 Å². The molecule has 2 rings (SSSR count). The third kappa shape index (κ3) is 1.42. The summed E-state index contributed by atoms with van der Waals surface area (Å²) in [7, 11) is 0. The van der Waals surface area contributed by atoms with Crippen molar-refractivity contribution in [3.05, 3.63) is 16.3 Å². The molecule has 0 saturated heterocycles. The molecule has 12 heavy (non-hydrogen) atoms. The summed E-state index contributed by atoms with van der Waals surface area (Å²) >= 11 is 3.25. The lowest BCUT2D eigenvalue weighted by Crippen LogP contribution is -1.94. The van der Waals surface area contributed by atoms with Gasteiger partial charge in [-0.1, -0.05) is 12.8 Å². The Balaban J connectivity index is 2.25. The molecule has 0 aliphatic heterocycles. The average molecular weight is 230 g/mol. The van der Waals surface area contributed by atoms with Gasteiger partial charge in [0.2, 0.25) is 0 Å². The van der Waals surface area contributed by atoms with Crippen LogP contribution in [0.4, 0.5) is 0 Å². The van der Waals surface area contributed by atoms with Crippen molar-refractivity contribution in [2.45, 2.75) is 38.5 Å². The van der Waals surface area contributed by atoms with E-state index in [1.807, 2.05) is 6.92 Å². The first-order chi connectivity index (χ1) is 5.77. The molecule has 1 aromatic rings. The number of nitrogens with zero attached hydrogens (tertiary/aromatic N) is 1. The molecule has 1 aliphatic rings. The van der Waals surface area contributed by atoms with Crippen molar-refractivity contribution in [3.63, 3.8) is 0 Å². The summed E-state index contributed by atoms with van der Waals surface area (Å²) in [5.41, 5.74) is 1.17. The Morgan fingerprint density at radius 1 is 1.42 bits per heavy atom. The van der Waals surface area contributed by atoms with Crippen LogP contribution in [-0.4, -0.2) is 4.98 Å². The predicted molar refractivity (Wildman–Crippen MR) is 50.1 cm³/mol. The summed E-state index contributed by atoms with van der Waals surface area (Å²) in [6.07, 6.45) is 5.24. The maximum Gasteiger partial charge on any atom is 0.264 e. The molecule has 0 radical (unpaired) electrons. The largest absolute Gasteiger partial charge is 0.436 e. The topological polar surface area (TPSA) is 26.0 Å². The molecule has 66 valence electrons. The number of hydrogen-bond donors (Lipinski definition) is 0. The molecule has 0 bridgehead atoms. The van der Waals surface area contributed by atoms with E-state index in [4.69, 9.17) is 4.42 Å². The molecular weight excluding hydrogens is 218 g/mol. The molecule has 0 unspecified atom stereocenters. The Morgan fingerprint density at radius 2 is 2.08 bits per heavy atom. The fourth-order valence-corrected chi connectivity index (χ4v) is 2.39. The summed E-state index contributed by atoms with van der Waals surface area (Å²) in [4.78, 5) is 4.97. The van der Waals surface area contributed by atoms with Gasteiger partial charge >= 0.3 is 0 Å². The highest BCUT2D eigenvalue weighted by Crippen LogP contribution is 2.35. The first kappa shape index (κ1) is 8.30. The summed E-state index contributed by atoms with van der Waals surface area (Å²) in [5.74, 6) is 1.63. The van der Waals surface area contributed by atoms with Crippen LogP contribution in [0.1, 0.15) is 43.1 Å². The number of aromatic nitrogens is 1. The van der Waals surface area contributed by atoms with Gasteiger partial charge in [0, 0.05) is 21.8 Å². The number of rotatable bonds is 1. The molecule has 2 nitrogen and oxygen atoms in total. The van der Waals surface area contributed by atoms with E-state index in [1.165, 1.54) is 31.4 Å². The highest BCUT2D eigenvalue weighted by atomic mass is 79.9. The van der Waals surface area contributed by atoms with Crippen LogP contribution in [0, 0.1) is 6.92 Å². The minimum atomic E-state index is 0.627. The van der Waals surface area contributed by atoms with Gasteiger partial charge < -0.3 is 4.42 Å². The average Bonchev–Trinajstić information content (AvgIpc) is 2.58. The van der Waals surface area contributed by atoms with Gasteiger partial charge in [0.15, 0.2) is 0 Å². The number of aryl methyl sites for hydroxylation is 1. The van der Waals surface area contributed by atoms with E-state index in [0.29, 0.717) is 10.7 Å². The van der Waals surface area contributed by atoms with Crippen LogP contribution >= 0.6 is 15.9 Å². The van der Waals surface area contributed by atoms with E-state index >= 15 is 0 Å². The number of hydrogen-bond acceptors (Lipinski definition) is 2. The fraction of sp³-hybridized carbons (Fsp3) is 0.667.